The summed E-state index contributed by atoms with van der Waals surface area (Å²) in [5.74, 6) is 0. The molecule has 4 nitrogen and oxygen atoms in total. The first-order valence-electron chi connectivity index (χ1n) is 9.30. The van der Waals surface area contributed by atoms with Gasteiger partial charge in [0.05, 0.1) is 11.4 Å². The van der Waals surface area contributed by atoms with Crippen LogP contribution in [0.3, 0.4) is 0 Å². The third-order valence-corrected chi connectivity index (χ3v) is 4.74. The molecule has 0 radical (unpaired) electrons. The lowest BCUT2D eigenvalue weighted by atomic mass is 10.1. The van der Waals surface area contributed by atoms with Crippen molar-refractivity contribution in [3.63, 3.8) is 0 Å². The van der Waals surface area contributed by atoms with Crippen molar-refractivity contribution in [1.29, 1.82) is 0 Å². The minimum Gasteiger partial charge on any atom is -0.309 e. The Hall–Kier alpha value is -1.14. The molecule has 0 bridgehead atoms. The Bertz CT molecular complexity index is 731. The molecule has 0 atom stereocenters. The second kappa shape index (κ2) is 14.8. The lowest BCUT2D eigenvalue weighted by Crippen LogP contribution is -2.18. The monoisotopic (exact) mass is 490 g/mol. The van der Waals surface area contributed by atoms with Gasteiger partial charge in [-0.2, -0.15) is 10.2 Å². The number of nitrogens with zero attached hydrogens (tertiary/aromatic N) is 4. The lowest BCUT2D eigenvalue weighted by molar-refractivity contribution is 0.421. The molecule has 0 aromatic heterocycles. The molecule has 0 aliphatic carbocycles. The van der Waals surface area contributed by atoms with E-state index in [0.29, 0.717) is 10.0 Å². The highest BCUT2D eigenvalue weighted by atomic mass is 35.5. The molecule has 0 spiro atoms. The van der Waals surface area contributed by atoms with Crippen molar-refractivity contribution in [3.05, 3.63) is 69.7 Å². The molecule has 30 heavy (non-hydrogen) atoms. The van der Waals surface area contributed by atoms with E-state index < -0.39 is 0 Å². The molecule has 0 unspecified atom stereocenters. The summed E-state index contributed by atoms with van der Waals surface area (Å²) < 4.78 is 0. The Morgan fingerprint density at radius 2 is 0.933 bits per heavy atom. The van der Waals surface area contributed by atoms with Crippen LogP contribution in [0.4, 0.5) is 0 Å². The van der Waals surface area contributed by atoms with Crippen LogP contribution in [-0.4, -0.2) is 62.5 Å². The molecule has 0 saturated carbocycles. The standard InChI is InChI=1S/C22H28Cl2N4.2ClH/c1-27(2)15-13-21(17-5-9-19(23)10-6-17)25-26-22(14-16-28(3)4)18-7-11-20(24)12-8-18;;/h5-12H,13-16H2,1-4H3;2*1H/b25-21-,26-22+;;. The first-order chi connectivity index (χ1) is 13.3. The molecule has 0 aliphatic rings. The maximum absolute atomic E-state index is 6.04. The Morgan fingerprint density at radius 3 is 1.20 bits per heavy atom. The normalized spacial score (nSPS) is 12.0. The molecule has 8 heteroatoms. The Labute approximate surface area is 202 Å². The van der Waals surface area contributed by atoms with Crippen molar-refractivity contribution >= 4 is 59.4 Å². The minimum absolute atomic E-state index is 0. The molecule has 0 fully saturated rings. The molecule has 166 valence electrons. The van der Waals surface area contributed by atoms with Gasteiger partial charge in [-0.25, -0.2) is 0 Å². The van der Waals surface area contributed by atoms with Crippen LogP contribution in [0.1, 0.15) is 24.0 Å². The molecule has 0 amide bonds. The second-order valence-electron chi connectivity index (χ2n) is 7.21. The van der Waals surface area contributed by atoms with Crippen molar-refractivity contribution < 1.29 is 0 Å². The SMILES string of the molecule is CN(C)CC/C(=N/N=C(\CCN(C)C)c1ccc(Cl)cc1)c1ccc(Cl)cc1.Cl.Cl. The molecule has 0 heterocycles. The summed E-state index contributed by atoms with van der Waals surface area (Å²) in [6.45, 7) is 1.79. The largest absolute Gasteiger partial charge is 0.309 e. The van der Waals surface area contributed by atoms with E-state index in [-0.39, 0.29) is 24.8 Å². The molecule has 2 aromatic rings. The zero-order valence-electron chi connectivity index (χ0n) is 17.8. The smallest absolute Gasteiger partial charge is 0.0715 e. The number of rotatable bonds is 9. The molecule has 2 aromatic carbocycles. The molecular formula is C22H30Cl4N4. The van der Waals surface area contributed by atoms with Crippen molar-refractivity contribution in [2.45, 2.75) is 12.8 Å². The minimum atomic E-state index is 0. The summed E-state index contributed by atoms with van der Waals surface area (Å²) in [4.78, 5) is 4.28. The van der Waals surface area contributed by atoms with Crippen molar-refractivity contribution in [2.75, 3.05) is 41.3 Å². The number of benzene rings is 2. The quantitative estimate of drug-likeness (QED) is 0.321. The van der Waals surface area contributed by atoms with Gasteiger partial charge in [0.15, 0.2) is 0 Å². The van der Waals surface area contributed by atoms with E-state index in [1.54, 1.807) is 0 Å². The van der Waals surface area contributed by atoms with Gasteiger partial charge in [0.1, 0.15) is 0 Å². The third-order valence-electron chi connectivity index (χ3n) is 4.24. The fourth-order valence-electron chi connectivity index (χ4n) is 2.57. The summed E-state index contributed by atoms with van der Waals surface area (Å²) in [7, 11) is 8.22. The van der Waals surface area contributed by atoms with Gasteiger partial charge in [-0.15, -0.1) is 24.8 Å². The average Bonchev–Trinajstić information content (AvgIpc) is 2.65. The van der Waals surface area contributed by atoms with Crippen molar-refractivity contribution in [2.24, 2.45) is 10.2 Å². The lowest BCUT2D eigenvalue weighted by Gasteiger charge is -2.13. The summed E-state index contributed by atoms with van der Waals surface area (Å²) in [6.07, 6.45) is 1.61. The van der Waals surface area contributed by atoms with Crippen LogP contribution in [0.25, 0.3) is 0 Å². The maximum atomic E-state index is 6.04. The van der Waals surface area contributed by atoms with E-state index in [1.165, 1.54) is 0 Å². The third kappa shape index (κ3) is 10.3. The van der Waals surface area contributed by atoms with Gasteiger partial charge >= 0.3 is 0 Å². The first kappa shape index (κ1) is 28.9. The van der Waals surface area contributed by atoms with Crippen LogP contribution in [0.15, 0.2) is 58.7 Å². The number of halogens is 4. The van der Waals surface area contributed by atoms with Gasteiger partial charge in [-0.05, 0) is 63.6 Å². The Balaban J connectivity index is 0.00000420. The summed E-state index contributed by atoms with van der Waals surface area (Å²) in [5, 5.41) is 10.7. The van der Waals surface area contributed by atoms with E-state index >= 15 is 0 Å². The summed E-state index contributed by atoms with van der Waals surface area (Å²) >= 11 is 12.1. The van der Waals surface area contributed by atoms with Gasteiger partial charge in [-0.1, -0.05) is 47.5 Å². The van der Waals surface area contributed by atoms with E-state index in [4.69, 9.17) is 23.2 Å². The predicted octanol–water partition coefficient (Wildman–Crippen LogP) is 5.93. The first-order valence-corrected chi connectivity index (χ1v) is 10.1. The van der Waals surface area contributed by atoms with Gasteiger partial charge in [0, 0.05) is 36.0 Å². The molecule has 0 saturated heterocycles. The van der Waals surface area contributed by atoms with Crippen LogP contribution in [-0.2, 0) is 0 Å². The molecule has 0 aliphatic heterocycles. The van der Waals surface area contributed by atoms with Crippen LogP contribution in [0.5, 0.6) is 0 Å². The van der Waals surface area contributed by atoms with Gasteiger partial charge in [0.2, 0.25) is 0 Å². The van der Waals surface area contributed by atoms with Gasteiger partial charge in [0.25, 0.3) is 0 Å². The highest BCUT2D eigenvalue weighted by Gasteiger charge is 2.08. The summed E-state index contributed by atoms with van der Waals surface area (Å²) in [6, 6.07) is 15.5. The van der Waals surface area contributed by atoms with Crippen LogP contribution in [0, 0.1) is 0 Å². The molecular weight excluding hydrogens is 462 g/mol. The zero-order valence-corrected chi connectivity index (χ0v) is 21.0. The maximum Gasteiger partial charge on any atom is 0.0715 e. The predicted molar refractivity (Wildman–Crippen MR) is 137 cm³/mol. The number of hydrogen-bond acceptors (Lipinski definition) is 4. The van der Waals surface area contributed by atoms with Gasteiger partial charge in [-0.3, -0.25) is 0 Å². The highest BCUT2D eigenvalue weighted by Crippen LogP contribution is 2.15. The van der Waals surface area contributed by atoms with Crippen LogP contribution < -0.4 is 0 Å². The Morgan fingerprint density at radius 1 is 0.633 bits per heavy atom. The van der Waals surface area contributed by atoms with E-state index in [2.05, 4.69) is 48.2 Å². The fourth-order valence-corrected chi connectivity index (χ4v) is 2.82. The highest BCUT2D eigenvalue weighted by molar-refractivity contribution is 6.31. The van der Waals surface area contributed by atoms with E-state index in [0.717, 1.165) is 48.5 Å². The molecule has 0 N–H and O–H groups in total. The van der Waals surface area contributed by atoms with Crippen LogP contribution >= 0.6 is 48.0 Å². The van der Waals surface area contributed by atoms with Crippen molar-refractivity contribution in [3.8, 4) is 0 Å². The Kier molecular flexibility index (Phi) is 14.2. The van der Waals surface area contributed by atoms with E-state index in [1.807, 2.05) is 48.5 Å². The van der Waals surface area contributed by atoms with Gasteiger partial charge < -0.3 is 9.80 Å². The van der Waals surface area contributed by atoms with Crippen molar-refractivity contribution in [1.82, 2.24) is 9.80 Å². The summed E-state index contributed by atoms with van der Waals surface area (Å²) in [5.41, 5.74) is 3.97. The average molecular weight is 492 g/mol. The number of hydrogen-bond donors (Lipinski definition) is 0. The zero-order chi connectivity index (χ0) is 20.5. The molecule has 2 rings (SSSR count). The second-order valence-corrected chi connectivity index (χ2v) is 8.09. The topological polar surface area (TPSA) is 31.2 Å². The van der Waals surface area contributed by atoms with Crippen LogP contribution in [0.2, 0.25) is 10.0 Å². The van der Waals surface area contributed by atoms with E-state index in [9.17, 15) is 0 Å². The fraction of sp³-hybridized carbons (Fsp3) is 0.364.